The Morgan fingerprint density at radius 3 is 2.58 bits per heavy atom. The molecule has 1 atom stereocenters. The maximum absolute atomic E-state index is 11.5. The number of carbonyl (C=O) groups is 1. The second kappa shape index (κ2) is 12.4. The van der Waals surface area contributed by atoms with Gasteiger partial charge in [0, 0.05) is 32.7 Å². The number of hydrogen-bond donors (Lipinski definition) is 2. The molecule has 1 unspecified atom stereocenters. The van der Waals surface area contributed by atoms with Crippen LogP contribution in [-0.2, 0) is 11.2 Å². The topological polar surface area (TPSA) is 75.2 Å². The number of anilines is 1. The highest BCUT2D eigenvalue weighted by Gasteiger charge is 2.25. The van der Waals surface area contributed by atoms with Gasteiger partial charge in [0.1, 0.15) is 5.75 Å². The third-order valence-corrected chi connectivity index (χ3v) is 5.26. The van der Waals surface area contributed by atoms with E-state index in [0.29, 0.717) is 11.6 Å². The summed E-state index contributed by atoms with van der Waals surface area (Å²) in [5.74, 6) is 1.38. The van der Waals surface area contributed by atoms with E-state index in [0.717, 1.165) is 55.4 Å². The standard InChI is InChI=1S/C23H30N4O3.HI/c1-24-23(25-14-12-17-8-10-18(11-9-17)22(28)30-3)26-19-13-15-27(16-19)20-6-4-5-7-21(20)29-2;/h4-11,19H,12-16H2,1-3H3,(H2,24,25,26);1H. The van der Waals surface area contributed by atoms with Crippen molar-refractivity contribution in [3.8, 4) is 5.75 Å². The molecule has 0 radical (unpaired) electrons. The van der Waals surface area contributed by atoms with Gasteiger partial charge in [0.15, 0.2) is 5.96 Å². The maximum atomic E-state index is 11.5. The minimum absolute atomic E-state index is 0. The Kier molecular flexibility index (Phi) is 9.90. The number of methoxy groups -OCH3 is 2. The molecule has 1 heterocycles. The lowest BCUT2D eigenvalue weighted by Crippen LogP contribution is -2.45. The number of rotatable bonds is 7. The number of guanidine groups is 1. The lowest BCUT2D eigenvalue weighted by Gasteiger charge is -2.22. The van der Waals surface area contributed by atoms with Gasteiger partial charge in [-0.1, -0.05) is 24.3 Å². The molecule has 0 saturated carbocycles. The molecule has 7 nitrogen and oxygen atoms in total. The summed E-state index contributed by atoms with van der Waals surface area (Å²) in [5, 5.41) is 6.89. The summed E-state index contributed by atoms with van der Waals surface area (Å²) in [7, 11) is 4.88. The number of nitrogens with zero attached hydrogens (tertiary/aromatic N) is 2. The van der Waals surface area contributed by atoms with Crippen molar-refractivity contribution in [1.82, 2.24) is 10.6 Å². The van der Waals surface area contributed by atoms with Gasteiger partial charge in [-0.2, -0.15) is 0 Å². The van der Waals surface area contributed by atoms with Crippen LogP contribution in [0.4, 0.5) is 5.69 Å². The smallest absolute Gasteiger partial charge is 0.337 e. The van der Waals surface area contributed by atoms with E-state index in [4.69, 9.17) is 9.47 Å². The fourth-order valence-corrected chi connectivity index (χ4v) is 3.63. The van der Waals surface area contributed by atoms with E-state index >= 15 is 0 Å². The number of benzene rings is 2. The van der Waals surface area contributed by atoms with Crippen LogP contribution < -0.4 is 20.3 Å². The Bertz CT molecular complexity index is 873. The predicted molar refractivity (Wildman–Crippen MR) is 135 cm³/mol. The summed E-state index contributed by atoms with van der Waals surface area (Å²) in [4.78, 5) is 18.2. The lowest BCUT2D eigenvalue weighted by atomic mass is 10.1. The molecule has 1 saturated heterocycles. The third-order valence-electron chi connectivity index (χ3n) is 5.26. The van der Waals surface area contributed by atoms with Gasteiger partial charge < -0.3 is 25.0 Å². The number of aliphatic imine (C=N–C) groups is 1. The first-order valence-electron chi connectivity index (χ1n) is 10.2. The zero-order valence-electron chi connectivity index (χ0n) is 18.3. The second-order valence-electron chi connectivity index (χ2n) is 7.19. The summed E-state index contributed by atoms with van der Waals surface area (Å²) in [6, 6.07) is 15.9. The van der Waals surface area contributed by atoms with Gasteiger partial charge in [-0.3, -0.25) is 4.99 Å². The summed E-state index contributed by atoms with van der Waals surface area (Å²) in [6.45, 7) is 2.62. The zero-order valence-corrected chi connectivity index (χ0v) is 20.6. The Hall–Kier alpha value is -2.49. The molecule has 168 valence electrons. The van der Waals surface area contributed by atoms with Gasteiger partial charge in [-0.25, -0.2) is 4.79 Å². The summed E-state index contributed by atoms with van der Waals surface area (Å²) in [6.07, 6.45) is 1.87. The molecule has 3 rings (SSSR count). The third kappa shape index (κ3) is 6.75. The molecule has 1 aliphatic heterocycles. The van der Waals surface area contributed by atoms with E-state index < -0.39 is 0 Å². The number of esters is 1. The van der Waals surface area contributed by atoms with E-state index in [9.17, 15) is 4.79 Å². The Balaban J connectivity index is 0.00000341. The molecular weight excluding hydrogens is 507 g/mol. The minimum Gasteiger partial charge on any atom is -0.495 e. The Morgan fingerprint density at radius 1 is 1.16 bits per heavy atom. The van der Waals surface area contributed by atoms with Crippen molar-refractivity contribution in [2.24, 2.45) is 4.99 Å². The van der Waals surface area contributed by atoms with Gasteiger partial charge in [0.25, 0.3) is 0 Å². The van der Waals surface area contributed by atoms with Gasteiger partial charge in [0.2, 0.25) is 0 Å². The number of nitrogens with one attached hydrogen (secondary N) is 2. The van der Waals surface area contributed by atoms with E-state index in [1.54, 1.807) is 26.3 Å². The van der Waals surface area contributed by atoms with Crippen molar-refractivity contribution >= 4 is 41.6 Å². The van der Waals surface area contributed by atoms with Crippen LogP contribution in [0.25, 0.3) is 0 Å². The fraction of sp³-hybridized carbons (Fsp3) is 0.391. The molecule has 0 aliphatic carbocycles. The highest BCUT2D eigenvalue weighted by Crippen LogP contribution is 2.30. The Labute approximate surface area is 201 Å². The van der Waals surface area contributed by atoms with E-state index in [2.05, 4.69) is 26.6 Å². The van der Waals surface area contributed by atoms with E-state index in [1.807, 2.05) is 30.3 Å². The molecule has 2 aromatic rings. The van der Waals surface area contributed by atoms with Crippen molar-refractivity contribution in [3.63, 3.8) is 0 Å². The number of ether oxygens (including phenoxy) is 2. The van der Waals surface area contributed by atoms with Crippen LogP contribution in [0.15, 0.2) is 53.5 Å². The molecule has 1 fully saturated rings. The number of halogens is 1. The normalized spacial score (nSPS) is 15.8. The van der Waals surface area contributed by atoms with Gasteiger partial charge >= 0.3 is 5.97 Å². The number of para-hydroxylation sites is 2. The van der Waals surface area contributed by atoms with Crippen LogP contribution in [0.3, 0.4) is 0 Å². The van der Waals surface area contributed by atoms with Crippen molar-refractivity contribution in [1.29, 1.82) is 0 Å². The largest absolute Gasteiger partial charge is 0.495 e. The van der Waals surface area contributed by atoms with Crippen LogP contribution in [0, 0.1) is 0 Å². The zero-order chi connectivity index (χ0) is 21.3. The molecule has 31 heavy (non-hydrogen) atoms. The van der Waals surface area contributed by atoms with Gasteiger partial charge in [0.05, 0.1) is 25.5 Å². The van der Waals surface area contributed by atoms with Crippen LogP contribution in [0.5, 0.6) is 5.75 Å². The average Bonchev–Trinajstić information content (AvgIpc) is 3.26. The summed E-state index contributed by atoms with van der Waals surface area (Å²) >= 11 is 0. The van der Waals surface area contributed by atoms with Crippen LogP contribution in [0.1, 0.15) is 22.3 Å². The highest BCUT2D eigenvalue weighted by molar-refractivity contribution is 14.0. The molecule has 0 bridgehead atoms. The van der Waals surface area contributed by atoms with Crippen LogP contribution in [0.2, 0.25) is 0 Å². The second-order valence-corrected chi connectivity index (χ2v) is 7.19. The first-order chi connectivity index (χ1) is 14.6. The van der Waals surface area contributed by atoms with Crippen molar-refractivity contribution in [2.45, 2.75) is 18.9 Å². The van der Waals surface area contributed by atoms with Gasteiger partial charge in [-0.05, 0) is 42.7 Å². The molecule has 0 amide bonds. The summed E-state index contributed by atoms with van der Waals surface area (Å²) < 4.78 is 10.2. The molecule has 2 aromatic carbocycles. The molecule has 0 aromatic heterocycles. The predicted octanol–water partition coefficient (Wildman–Crippen LogP) is 3.09. The van der Waals surface area contributed by atoms with E-state index in [-0.39, 0.29) is 29.9 Å². The quantitative estimate of drug-likeness (QED) is 0.244. The van der Waals surface area contributed by atoms with Crippen molar-refractivity contribution in [2.75, 3.05) is 45.8 Å². The monoisotopic (exact) mass is 538 g/mol. The Morgan fingerprint density at radius 2 is 1.90 bits per heavy atom. The molecular formula is C23H31IN4O3. The molecule has 0 spiro atoms. The number of carbonyl (C=O) groups excluding carboxylic acids is 1. The maximum Gasteiger partial charge on any atom is 0.337 e. The molecule has 1 aliphatic rings. The first kappa shape index (κ1) is 24.8. The average molecular weight is 538 g/mol. The highest BCUT2D eigenvalue weighted by atomic mass is 127. The lowest BCUT2D eigenvalue weighted by molar-refractivity contribution is 0.0600. The minimum atomic E-state index is -0.317. The van der Waals surface area contributed by atoms with E-state index in [1.165, 1.54) is 7.11 Å². The van der Waals surface area contributed by atoms with Crippen molar-refractivity contribution in [3.05, 3.63) is 59.7 Å². The first-order valence-corrected chi connectivity index (χ1v) is 10.2. The number of hydrogen-bond acceptors (Lipinski definition) is 5. The summed E-state index contributed by atoms with van der Waals surface area (Å²) in [5.41, 5.74) is 2.84. The molecule has 2 N–H and O–H groups in total. The SMILES string of the molecule is CN=C(NCCc1ccc(C(=O)OC)cc1)NC1CCN(c2ccccc2OC)C1.I. The van der Waals surface area contributed by atoms with Gasteiger partial charge in [-0.15, -0.1) is 24.0 Å². The van der Waals surface area contributed by atoms with Crippen molar-refractivity contribution < 1.29 is 14.3 Å². The van der Waals surface area contributed by atoms with Crippen LogP contribution in [-0.4, -0.2) is 58.9 Å². The fourth-order valence-electron chi connectivity index (χ4n) is 3.63. The molecule has 8 heteroatoms. The van der Waals surface area contributed by atoms with Crippen LogP contribution >= 0.6 is 24.0 Å².